The Labute approximate surface area is 103 Å². The Morgan fingerprint density at radius 2 is 2.50 bits per heavy atom. The van der Waals surface area contributed by atoms with Crippen molar-refractivity contribution in [3.05, 3.63) is 22.4 Å². The topological polar surface area (TPSA) is 49.3 Å². The Balaban J connectivity index is 1.75. The van der Waals surface area contributed by atoms with Gasteiger partial charge in [0.15, 0.2) is 5.60 Å². The molecule has 2 heterocycles. The van der Waals surface area contributed by atoms with E-state index in [4.69, 9.17) is 0 Å². The smallest absolute Gasteiger partial charge is 0.252 e. The Morgan fingerprint density at radius 3 is 3.12 bits per heavy atom. The standard InChI is InChI=1S/C11H15NO2S2/c13-10(11(14)3-6-16-8-11)12-4-1-9-2-5-15-7-9/h2,5,7,14H,1,3-4,6,8H2,(H,12,13). The molecule has 1 aliphatic heterocycles. The third-order valence-corrected chi connectivity index (χ3v) is 4.61. The molecular weight excluding hydrogens is 242 g/mol. The molecule has 0 bridgehead atoms. The highest BCUT2D eigenvalue weighted by Gasteiger charge is 2.39. The van der Waals surface area contributed by atoms with Crippen molar-refractivity contribution in [2.45, 2.75) is 18.4 Å². The van der Waals surface area contributed by atoms with E-state index in [2.05, 4.69) is 16.8 Å². The molecular formula is C11H15NO2S2. The van der Waals surface area contributed by atoms with Crippen LogP contribution in [0.3, 0.4) is 0 Å². The largest absolute Gasteiger partial charge is 0.379 e. The highest BCUT2D eigenvalue weighted by molar-refractivity contribution is 7.99. The van der Waals surface area contributed by atoms with Gasteiger partial charge in [-0.05, 0) is 41.0 Å². The van der Waals surface area contributed by atoms with E-state index in [1.54, 1.807) is 23.1 Å². The lowest BCUT2D eigenvalue weighted by Crippen LogP contribution is -2.47. The third kappa shape index (κ3) is 2.78. The molecule has 88 valence electrons. The summed E-state index contributed by atoms with van der Waals surface area (Å²) in [6, 6.07) is 2.05. The van der Waals surface area contributed by atoms with Gasteiger partial charge in [-0.1, -0.05) is 0 Å². The first-order valence-corrected chi connectivity index (χ1v) is 7.40. The zero-order chi connectivity index (χ0) is 11.4. The Kier molecular flexibility index (Phi) is 3.89. The van der Waals surface area contributed by atoms with Crippen molar-refractivity contribution in [1.82, 2.24) is 5.32 Å². The molecule has 3 nitrogen and oxygen atoms in total. The molecule has 2 rings (SSSR count). The van der Waals surface area contributed by atoms with Crippen molar-refractivity contribution in [2.75, 3.05) is 18.1 Å². The first-order valence-electron chi connectivity index (χ1n) is 5.30. The highest BCUT2D eigenvalue weighted by Crippen LogP contribution is 2.27. The summed E-state index contributed by atoms with van der Waals surface area (Å²) >= 11 is 3.29. The number of carbonyl (C=O) groups is 1. The van der Waals surface area contributed by atoms with Gasteiger partial charge < -0.3 is 10.4 Å². The van der Waals surface area contributed by atoms with Gasteiger partial charge in [-0.15, -0.1) is 0 Å². The van der Waals surface area contributed by atoms with Crippen LogP contribution < -0.4 is 5.32 Å². The molecule has 5 heteroatoms. The van der Waals surface area contributed by atoms with Gasteiger partial charge in [0.05, 0.1) is 0 Å². The zero-order valence-corrected chi connectivity index (χ0v) is 10.6. The SMILES string of the molecule is O=C(NCCc1ccsc1)C1(O)CCSC1. The van der Waals surface area contributed by atoms with Crippen LogP contribution in [0.2, 0.25) is 0 Å². The first kappa shape index (κ1) is 12.0. The minimum Gasteiger partial charge on any atom is -0.379 e. The van der Waals surface area contributed by atoms with E-state index >= 15 is 0 Å². The van der Waals surface area contributed by atoms with E-state index in [1.165, 1.54) is 5.56 Å². The minimum atomic E-state index is -1.13. The van der Waals surface area contributed by atoms with Gasteiger partial charge in [0.25, 0.3) is 5.91 Å². The monoisotopic (exact) mass is 257 g/mol. The Hall–Kier alpha value is -0.520. The number of rotatable bonds is 4. The Morgan fingerprint density at radius 1 is 1.62 bits per heavy atom. The molecule has 1 fully saturated rings. The number of aliphatic hydroxyl groups is 1. The summed E-state index contributed by atoms with van der Waals surface area (Å²) in [5.41, 5.74) is 0.109. The molecule has 1 saturated heterocycles. The lowest BCUT2D eigenvalue weighted by Gasteiger charge is -2.19. The second kappa shape index (κ2) is 5.21. The van der Waals surface area contributed by atoms with Gasteiger partial charge in [-0.25, -0.2) is 0 Å². The number of hydrogen-bond donors (Lipinski definition) is 2. The molecule has 0 spiro atoms. The molecule has 16 heavy (non-hydrogen) atoms. The van der Waals surface area contributed by atoms with Gasteiger partial charge >= 0.3 is 0 Å². The summed E-state index contributed by atoms with van der Waals surface area (Å²) in [6.07, 6.45) is 1.40. The van der Waals surface area contributed by atoms with Gasteiger partial charge in [0, 0.05) is 12.3 Å². The fourth-order valence-electron chi connectivity index (χ4n) is 1.65. The first-order chi connectivity index (χ1) is 7.71. The normalized spacial score (nSPS) is 24.6. The van der Waals surface area contributed by atoms with Crippen molar-refractivity contribution in [1.29, 1.82) is 0 Å². The third-order valence-electron chi connectivity index (χ3n) is 2.70. The molecule has 2 N–H and O–H groups in total. The summed E-state index contributed by atoms with van der Waals surface area (Å²) in [4.78, 5) is 11.7. The van der Waals surface area contributed by atoms with Crippen LogP contribution in [-0.2, 0) is 11.2 Å². The fraction of sp³-hybridized carbons (Fsp3) is 0.545. The molecule has 0 aromatic carbocycles. The van der Waals surface area contributed by atoms with Crippen LogP contribution in [0.15, 0.2) is 16.8 Å². The van der Waals surface area contributed by atoms with Crippen molar-refractivity contribution < 1.29 is 9.90 Å². The fourth-order valence-corrected chi connectivity index (χ4v) is 3.60. The van der Waals surface area contributed by atoms with Crippen molar-refractivity contribution in [3.8, 4) is 0 Å². The molecule has 0 saturated carbocycles. The van der Waals surface area contributed by atoms with E-state index in [0.29, 0.717) is 18.7 Å². The van der Waals surface area contributed by atoms with E-state index < -0.39 is 5.60 Å². The van der Waals surface area contributed by atoms with Crippen LogP contribution in [-0.4, -0.2) is 34.7 Å². The summed E-state index contributed by atoms with van der Waals surface area (Å²) < 4.78 is 0. The molecule has 1 aliphatic rings. The van der Waals surface area contributed by atoms with Crippen molar-refractivity contribution in [2.24, 2.45) is 0 Å². The van der Waals surface area contributed by atoms with E-state index in [0.717, 1.165) is 12.2 Å². The molecule has 1 atom stereocenters. The average Bonchev–Trinajstić information content (AvgIpc) is 2.90. The highest BCUT2D eigenvalue weighted by atomic mass is 32.2. The maximum Gasteiger partial charge on any atom is 0.252 e. The second-order valence-electron chi connectivity index (χ2n) is 3.97. The van der Waals surface area contributed by atoms with Crippen molar-refractivity contribution in [3.63, 3.8) is 0 Å². The molecule has 1 unspecified atom stereocenters. The summed E-state index contributed by atoms with van der Waals surface area (Å²) in [6.45, 7) is 0.600. The average molecular weight is 257 g/mol. The van der Waals surface area contributed by atoms with Crippen LogP contribution in [0, 0.1) is 0 Å². The van der Waals surface area contributed by atoms with Crippen LogP contribution in [0.1, 0.15) is 12.0 Å². The predicted octanol–water partition coefficient (Wildman–Crippen LogP) is 1.27. The van der Waals surface area contributed by atoms with E-state index in [-0.39, 0.29) is 5.91 Å². The van der Waals surface area contributed by atoms with Crippen LogP contribution in [0.4, 0.5) is 0 Å². The summed E-state index contributed by atoms with van der Waals surface area (Å²) in [5.74, 6) is 1.18. The Bertz CT molecular complexity index is 345. The minimum absolute atomic E-state index is 0.215. The molecule has 1 aromatic rings. The number of thioether (sulfide) groups is 1. The number of carbonyl (C=O) groups excluding carboxylic acids is 1. The number of amides is 1. The summed E-state index contributed by atoms with van der Waals surface area (Å²) in [7, 11) is 0. The molecule has 1 amide bonds. The molecule has 0 aliphatic carbocycles. The number of thiophene rings is 1. The van der Waals surface area contributed by atoms with Crippen LogP contribution >= 0.6 is 23.1 Å². The number of hydrogen-bond acceptors (Lipinski definition) is 4. The van der Waals surface area contributed by atoms with Crippen molar-refractivity contribution >= 4 is 29.0 Å². The maximum atomic E-state index is 11.7. The van der Waals surface area contributed by atoms with Gasteiger partial charge in [0.2, 0.25) is 0 Å². The van der Waals surface area contributed by atoms with Gasteiger partial charge in [-0.3, -0.25) is 4.79 Å². The molecule has 1 aromatic heterocycles. The number of nitrogens with one attached hydrogen (secondary N) is 1. The predicted molar refractivity (Wildman–Crippen MR) is 67.9 cm³/mol. The maximum absolute atomic E-state index is 11.7. The lowest BCUT2D eigenvalue weighted by atomic mass is 10.0. The van der Waals surface area contributed by atoms with E-state index in [1.807, 2.05) is 5.38 Å². The van der Waals surface area contributed by atoms with E-state index in [9.17, 15) is 9.90 Å². The second-order valence-corrected chi connectivity index (χ2v) is 5.86. The van der Waals surface area contributed by atoms with Crippen LogP contribution in [0.25, 0.3) is 0 Å². The van der Waals surface area contributed by atoms with Gasteiger partial charge in [-0.2, -0.15) is 23.1 Å². The summed E-state index contributed by atoms with van der Waals surface area (Å²) in [5, 5.41) is 16.9. The molecule has 0 radical (unpaired) electrons. The lowest BCUT2D eigenvalue weighted by molar-refractivity contribution is -0.137. The quantitative estimate of drug-likeness (QED) is 0.854. The zero-order valence-electron chi connectivity index (χ0n) is 8.94. The van der Waals surface area contributed by atoms with Gasteiger partial charge in [0.1, 0.15) is 0 Å². The van der Waals surface area contributed by atoms with Crippen LogP contribution in [0.5, 0.6) is 0 Å².